The summed E-state index contributed by atoms with van der Waals surface area (Å²) in [5.41, 5.74) is -0.219. The summed E-state index contributed by atoms with van der Waals surface area (Å²) in [7, 11) is -2.09. The molecule has 0 amide bonds. The van der Waals surface area contributed by atoms with Crippen molar-refractivity contribution in [2.45, 2.75) is 57.8 Å². The lowest BCUT2D eigenvalue weighted by Crippen LogP contribution is -2.48. The van der Waals surface area contributed by atoms with Gasteiger partial charge in [-0.3, -0.25) is 9.78 Å². The third kappa shape index (κ3) is 3.90. The zero-order chi connectivity index (χ0) is 15.6. The summed E-state index contributed by atoms with van der Waals surface area (Å²) >= 11 is 0. The van der Waals surface area contributed by atoms with E-state index in [1.54, 1.807) is 6.20 Å². The van der Waals surface area contributed by atoms with Crippen LogP contribution in [0.5, 0.6) is 0 Å². The lowest BCUT2D eigenvalue weighted by atomic mass is 9.98. The van der Waals surface area contributed by atoms with Crippen molar-refractivity contribution in [2.24, 2.45) is 0 Å². The zero-order valence-corrected chi connectivity index (χ0v) is 14.2. The Hall–Kier alpha value is -1.20. The SMILES string of the molecule is CC(C)(C)[Si](C)(C)O[C@@](C)(CC(=O)O)c1ccccn1. The van der Waals surface area contributed by atoms with Gasteiger partial charge in [-0.1, -0.05) is 26.8 Å². The van der Waals surface area contributed by atoms with Crippen LogP contribution >= 0.6 is 0 Å². The van der Waals surface area contributed by atoms with E-state index in [2.05, 4.69) is 38.8 Å². The van der Waals surface area contributed by atoms with E-state index in [0.29, 0.717) is 5.69 Å². The second-order valence-corrected chi connectivity index (χ2v) is 11.6. The fourth-order valence-electron chi connectivity index (χ4n) is 1.86. The number of aliphatic carboxylic acids is 1. The summed E-state index contributed by atoms with van der Waals surface area (Å²) in [6.45, 7) is 12.5. The minimum atomic E-state index is -2.09. The van der Waals surface area contributed by atoms with Gasteiger partial charge in [-0.25, -0.2) is 0 Å². The van der Waals surface area contributed by atoms with E-state index in [1.807, 2.05) is 25.1 Å². The number of carboxylic acid groups (broad SMARTS) is 1. The molecule has 0 saturated carbocycles. The Bertz CT molecular complexity index is 468. The van der Waals surface area contributed by atoms with Gasteiger partial charge in [0.05, 0.1) is 12.1 Å². The molecule has 1 aromatic heterocycles. The predicted octanol–water partition coefficient (Wildman–Crippen LogP) is 3.79. The van der Waals surface area contributed by atoms with E-state index in [1.165, 1.54) is 0 Å². The molecule has 0 aromatic carbocycles. The van der Waals surface area contributed by atoms with Crippen LogP contribution < -0.4 is 0 Å². The first-order valence-corrected chi connectivity index (χ1v) is 9.72. The highest BCUT2D eigenvalue weighted by Gasteiger charge is 2.45. The van der Waals surface area contributed by atoms with Crippen LogP contribution in [0.3, 0.4) is 0 Å². The number of hydrogen-bond acceptors (Lipinski definition) is 3. The van der Waals surface area contributed by atoms with E-state index in [9.17, 15) is 9.90 Å². The molecule has 0 bridgehead atoms. The quantitative estimate of drug-likeness (QED) is 0.840. The topological polar surface area (TPSA) is 59.4 Å². The molecule has 1 heterocycles. The van der Waals surface area contributed by atoms with E-state index >= 15 is 0 Å². The third-order valence-corrected chi connectivity index (χ3v) is 8.56. The average Bonchev–Trinajstić information content (AvgIpc) is 2.26. The van der Waals surface area contributed by atoms with Crippen LogP contribution in [0, 0.1) is 0 Å². The predicted molar refractivity (Wildman–Crippen MR) is 82.1 cm³/mol. The largest absolute Gasteiger partial charge is 0.481 e. The summed E-state index contributed by atoms with van der Waals surface area (Å²) in [6, 6.07) is 5.50. The number of pyridine rings is 1. The van der Waals surface area contributed by atoms with Crippen LogP contribution in [0.15, 0.2) is 24.4 Å². The fourth-order valence-corrected chi connectivity index (χ4v) is 3.47. The molecule has 20 heavy (non-hydrogen) atoms. The molecule has 1 aromatic rings. The summed E-state index contributed by atoms with van der Waals surface area (Å²) in [5.74, 6) is -0.878. The molecule has 0 saturated heterocycles. The van der Waals surface area contributed by atoms with Gasteiger partial charge in [0.1, 0.15) is 5.60 Å². The molecule has 4 nitrogen and oxygen atoms in total. The van der Waals surface area contributed by atoms with Gasteiger partial charge in [-0.2, -0.15) is 0 Å². The standard InChI is InChI=1S/C15H25NO3Si/c1-14(2,3)20(5,6)19-15(4,11-13(17)18)12-9-7-8-10-16-12/h7-10H,11H2,1-6H3,(H,17,18)/t15-/m0/s1. The van der Waals surface area contributed by atoms with Gasteiger partial charge in [-0.15, -0.1) is 0 Å². The molecule has 0 fully saturated rings. The average molecular weight is 295 g/mol. The Labute approximate surface area is 122 Å². The maximum Gasteiger partial charge on any atom is 0.306 e. The number of hydrogen-bond donors (Lipinski definition) is 1. The Kier molecular flexibility index (Phi) is 4.76. The maximum atomic E-state index is 11.2. The monoisotopic (exact) mass is 295 g/mol. The molecule has 1 rings (SSSR count). The second kappa shape index (κ2) is 5.66. The lowest BCUT2D eigenvalue weighted by molar-refractivity contribution is -0.141. The number of carbonyl (C=O) groups is 1. The van der Waals surface area contributed by atoms with Crippen molar-refractivity contribution in [1.82, 2.24) is 4.98 Å². The van der Waals surface area contributed by atoms with Gasteiger partial charge in [0, 0.05) is 6.20 Å². The fraction of sp³-hybridized carbons (Fsp3) is 0.600. The van der Waals surface area contributed by atoms with E-state index < -0.39 is 19.9 Å². The van der Waals surface area contributed by atoms with Gasteiger partial charge in [0.15, 0.2) is 8.32 Å². The Morgan fingerprint density at radius 3 is 2.30 bits per heavy atom. The highest BCUT2D eigenvalue weighted by atomic mass is 28.4. The van der Waals surface area contributed by atoms with Crippen molar-refractivity contribution < 1.29 is 14.3 Å². The molecule has 0 aliphatic heterocycles. The van der Waals surface area contributed by atoms with Crippen LogP contribution in [0.25, 0.3) is 0 Å². The van der Waals surface area contributed by atoms with Crippen molar-refractivity contribution in [3.05, 3.63) is 30.1 Å². The van der Waals surface area contributed by atoms with Gasteiger partial charge in [0.2, 0.25) is 0 Å². The minimum Gasteiger partial charge on any atom is -0.481 e. The normalized spacial score (nSPS) is 15.7. The summed E-state index contributed by atoms with van der Waals surface area (Å²) in [4.78, 5) is 15.5. The van der Waals surface area contributed by atoms with E-state index in [0.717, 1.165) is 0 Å². The van der Waals surface area contributed by atoms with Crippen molar-refractivity contribution in [2.75, 3.05) is 0 Å². The maximum absolute atomic E-state index is 11.2. The molecule has 0 radical (unpaired) electrons. The molecule has 0 aliphatic carbocycles. The Morgan fingerprint density at radius 2 is 1.90 bits per heavy atom. The molecular formula is C15H25NO3Si. The molecule has 0 unspecified atom stereocenters. The Balaban J connectivity index is 3.17. The number of carboxylic acids is 1. The van der Waals surface area contributed by atoms with Crippen molar-refractivity contribution in [3.8, 4) is 0 Å². The molecular weight excluding hydrogens is 270 g/mol. The number of aromatic nitrogens is 1. The van der Waals surface area contributed by atoms with Gasteiger partial charge < -0.3 is 9.53 Å². The number of nitrogens with zero attached hydrogens (tertiary/aromatic N) is 1. The van der Waals surface area contributed by atoms with E-state index in [-0.39, 0.29) is 11.5 Å². The summed E-state index contributed by atoms with van der Waals surface area (Å²) in [6.07, 6.45) is 1.58. The van der Waals surface area contributed by atoms with Crippen LogP contribution in [-0.4, -0.2) is 24.4 Å². The molecule has 5 heteroatoms. The van der Waals surface area contributed by atoms with E-state index in [4.69, 9.17) is 4.43 Å². The van der Waals surface area contributed by atoms with Crippen LogP contribution in [0.2, 0.25) is 18.1 Å². The Morgan fingerprint density at radius 1 is 1.30 bits per heavy atom. The van der Waals surface area contributed by atoms with Crippen molar-refractivity contribution in [1.29, 1.82) is 0 Å². The molecule has 112 valence electrons. The minimum absolute atomic E-state index is 0.0154. The lowest BCUT2D eigenvalue weighted by Gasteiger charge is -2.43. The van der Waals surface area contributed by atoms with Crippen molar-refractivity contribution >= 4 is 14.3 Å². The molecule has 1 N–H and O–H groups in total. The van der Waals surface area contributed by atoms with Gasteiger partial charge in [0.25, 0.3) is 0 Å². The summed E-state index contributed by atoms with van der Waals surface area (Å²) in [5, 5.41) is 9.23. The first kappa shape index (κ1) is 16.9. The smallest absolute Gasteiger partial charge is 0.306 e. The van der Waals surface area contributed by atoms with Crippen LogP contribution in [0.4, 0.5) is 0 Å². The molecule has 1 atom stereocenters. The number of rotatable bonds is 5. The van der Waals surface area contributed by atoms with Crippen molar-refractivity contribution in [3.63, 3.8) is 0 Å². The first-order valence-electron chi connectivity index (χ1n) is 6.81. The van der Waals surface area contributed by atoms with Crippen LogP contribution in [-0.2, 0) is 14.8 Å². The van der Waals surface area contributed by atoms with Gasteiger partial charge >= 0.3 is 5.97 Å². The zero-order valence-electron chi connectivity index (χ0n) is 13.2. The highest BCUT2D eigenvalue weighted by Crippen LogP contribution is 2.42. The third-order valence-electron chi connectivity index (χ3n) is 3.98. The molecule has 0 spiro atoms. The second-order valence-electron chi connectivity index (χ2n) is 6.88. The highest BCUT2D eigenvalue weighted by molar-refractivity contribution is 6.74. The van der Waals surface area contributed by atoms with Gasteiger partial charge in [-0.05, 0) is 37.2 Å². The molecule has 0 aliphatic rings. The first-order chi connectivity index (χ1) is 8.98. The summed E-state index contributed by atoms with van der Waals surface area (Å²) < 4.78 is 6.38. The van der Waals surface area contributed by atoms with Crippen LogP contribution in [0.1, 0.15) is 39.8 Å².